The van der Waals surface area contributed by atoms with E-state index in [2.05, 4.69) is 73.8 Å². The van der Waals surface area contributed by atoms with Crippen LogP contribution in [0.25, 0.3) is 0 Å². The number of likely N-dealkylation sites (N-methyl/N-ethyl adjacent to an activating group) is 2. The highest BCUT2D eigenvalue weighted by atomic mass is 28.3. The van der Waals surface area contributed by atoms with E-state index in [4.69, 9.17) is 0 Å². The van der Waals surface area contributed by atoms with Crippen LogP contribution >= 0.6 is 0 Å². The van der Waals surface area contributed by atoms with Gasteiger partial charge in [-0.25, -0.2) is 4.79 Å². The molecule has 4 aliphatic rings. The number of rotatable bonds is 16. The van der Waals surface area contributed by atoms with Crippen LogP contribution in [0.2, 0.25) is 19.1 Å². The molecule has 0 radical (unpaired) electrons. The standard InChI is InChI=1S/C55H78N10O7Si/c1-33(56-6)48(66)62-44(52(70)65-32-73(8,9)31-46(65)51(69)61-43-23-15-19-37-17-11-13-21-41(37)43)28-35-24-26-38(27-25-35)58-54(72)59-39-29-45(50(68)60-42-22-14-18-36-16-10-12-20-40(36)42)64(30-39)53(71)47(55(3,4)5)63-49(67)34(2)57-7/h10-13,16-17,20-21,24-27,33-34,39,42-47,56-57H,14-15,18-19,22-23,28-32H2,1-9H3,(H,60,68)(H,61,69)(H,62,66)(H,63,67)(H2,58,59,72)/t33-,34-,39?,42+,43?,44-,45-,46-,47+/m0/s1. The maximum Gasteiger partial charge on any atom is 0.319 e. The van der Waals surface area contributed by atoms with E-state index < -0.39 is 67.7 Å². The van der Waals surface area contributed by atoms with Crippen molar-refractivity contribution in [3.63, 3.8) is 0 Å². The molecular weight excluding hydrogens is 941 g/mol. The molecule has 394 valence electrons. The van der Waals surface area contributed by atoms with Gasteiger partial charge in [0.15, 0.2) is 0 Å². The van der Waals surface area contributed by atoms with Crippen LogP contribution in [0.3, 0.4) is 0 Å². The number of hydrogen-bond acceptors (Lipinski definition) is 9. The smallest absolute Gasteiger partial charge is 0.319 e. The average Bonchev–Trinajstić information content (AvgIpc) is 3.94. The van der Waals surface area contributed by atoms with E-state index in [9.17, 15) is 33.6 Å². The molecule has 2 saturated heterocycles. The van der Waals surface area contributed by atoms with Gasteiger partial charge in [0.2, 0.25) is 35.4 Å². The lowest BCUT2D eigenvalue weighted by Crippen LogP contribution is -2.59. The second kappa shape index (κ2) is 23.4. The molecule has 8 amide bonds. The van der Waals surface area contributed by atoms with Crippen molar-refractivity contribution in [2.75, 3.05) is 32.1 Å². The Morgan fingerprint density at radius 1 is 0.671 bits per heavy atom. The first-order valence-corrected chi connectivity index (χ1v) is 29.6. The average molecular weight is 1020 g/mol. The molecule has 17 nitrogen and oxygen atoms in total. The first-order chi connectivity index (χ1) is 34.7. The molecule has 0 saturated carbocycles. The van der Waals surface area contributed by atoms with Crippen molar-refractivity contribution in [3.05, 3.63) is 101 Å². The van der Waals surface area contributed by atoms with Crippen molar-refractivity contribution >= 4 is 55.2 Å². The largest absolute Gasteiger partial charge is 0.348 e. The monoisotopic (exact) mass is 1020 g/mol. The Balaban J connectivity index is 1.04. The van der Waals surface area contributed by atoms with Crippen molar-refractivity contribution in [2.24, 2.45) is 5.41 Å². The number of aryl methyl sites for hydroxylation is 2. The fraction of sp³-hybridized carbons (Fsp3) is 0.545. The molecule has 2 aliphatic heterocycles. The molecule has 2 unspecified atom stereocenters. The summed E-state index contributed by atoms with van der Waals surface area (Å²) in [5.74, 6) is -1.93. The summed E-state index contributed by atoms with van der Waals surface area (Å²) in [6.45, 7) is 13.4. The second-order valence-electron chi connectivity index (χ2n) is 22.5. The van der Waals surface area contributed by atoms with Crippen LogP contribution in [-0.4, -0.2) is 128 Å². The number of urea groups is 1. The topological polar surface area (TPSA) is 222 Å². The van der Waals surface area contributed by atoms with Crippen LogP contribution in [0.15, 0.2) is 72.8 Å². The molecule has 2 aliphatic carbocycles. The third kappa shape index (κ3) is 13.4. The van der Waals surface area contributed by atoms with Gasteiger partial charge in [-0.05, 0) is 124 Å². The number of nitrogens with zero attached hydrogens (tertiary/aromatic N) is 2. The Morgan fingerprint density at radius 2 is 1.21 bits per heavy atom. The molecule has 0 bridgehead atoms. The maximum absolute atomic E-state index is 14.7. The third-order valence-electron chi connectivity index (χ3n) is 15.2. The van der Waals surface area contributed by atoms with Gasteiger partial charge >= 0.3 is 6.03 Å². The molecule has 73 heavy (non-hydrogen) atoms. The fourth-order valence-corrected chi connectivity index (χ4v) is 13.7. The van der Waals surface area contributed by atoms with Crippen molar-refractivity contribution in [1.82, 2.24) is 47.0 Å². The Bertz CT molecular complexity index is 2520. The number of carbonyl (C=O) groups excluding carboxylic acids is 7. The molecule has 0 aromatic heterocycles. The Hall–Kier alpha value is -6.11. The zero-order valence-corrected chi connectivity index (χ0v) is 45.2. The number of fused-ring (bicyclic) bond motifs is 2. The quantitative estimate of drug-likeness (QED) is 0.0953. The third-order valence-corrected chi connectivity index (χ3v) is 17.9. The highest BCUT2D eigenvalue weighted by Gasteiger charge is 2.48. The van der Waals surface area contributed by atoms with Gasteiger partial charge in [0, 0.05) is 24.8 Å². The van der Waals surface area contributed by atoms with E-state index in [1.807, 2.05) is 51.1 Å². The van der Waals surface area contributed by atoms with Gasteiger partial charge in [-0.3, -0.25) is 28.8 Å². The Kier molecular flexibility index (Phi) is 17.5. The molecule has 7 rings (SSSR count). The summed E-state index contributed by atoms with van der Waals surface area (Å²) in [6.07, 6.45) is 6.10. The summed E-state index contributed by atoms with van der Waals surface area (Å²) in [5.41, 5.74) is 5.06. The highest BCUT2D eigenvalue weighted by molar-refractivity contribution is 6.79. The molecule has 2 fully saturated rings. The number of carbonyl (C=O) groups is 7. The van der Waals surface area contributed by atoms with Gasteiger partial charge in [0.05, 0.1) is 38.3 Å². The van der Waals surface area contributed by atoms with Crippen LogP contribution in [0.5, 0.6) is 0 Å². The van der Waals surface area contributed by atoms with Crippen molar-refractivity contribution in [3.8, 4) is 0 Å². The fourth-order valence-electron chi connectivity index (χ4n) is 10.9. The Labute approximate surface area is 431 Å². The number of hydrogen-bond donors (Lipinski definition) is 8. The van der Waals surface area contributed by atoms with E-state index in [1.165, 1.54) is 16.0 Å². The predicted molar refractivity (Wildman–Crippen MR) is 285 cm³/mol. The number of nitrogens with one attached hydrogen (secondary N) is 8. The van der Waals surface area contributed by atoms with Crippen molar-refractivity contribution in [2.45, 2.75) is 159 Å². The first kappa shape index (κ1) is 54.7. The van der Waals surface area contributed by atoms with Crippen LogP contribution < -0.4 is 42.5 Å². The second-order valence-corrected chi connectivity index (χ2v) is 27.5. The molecule has 0 spiro atoms. The summed E-state index contributed by atoms with van der Waals surface area (Å²) in [4.78, 5) is 101. The van der Waals surface area contributed by atoms with Gasteiger partial charge in [-0.1, -0.05) is 94.5 Å². The maximum atomic E-state index is 14.7. The minimum atomic E-state index is -2.02. The van der Waals surface area contributed by atoms with Gasteiger partial charge < -0.3 is 52.3 Å². The number of likely N-dealkylation sites (tertiary alicyclic amines) is 1. The van der Waals surface area contributed by atoms with Gasteiger partial charge in [-0.15, -0.1) is 0 Å². The normalized spacial score (nSPS) is 22.8. The molecule has 18 heteroatoms. The van der Waals surface area contributed by atoms with Gasteiger partial charge in [0.25, 0.3) is 0 Å². The summed E-state index contributed by atoms with van der Waals surface area (Å²) < 4.78 is 0. The number of benzene rings is 3. The van der Waals surface area contributed by atoms with E-state index in [0.717, 1.165) is 55.2 Å². The zero-order chi connectivity index (χ0) is 52.8. The van der Waals surface area contributed by atoms with Crippen molar-refractivity contribution in [1.29, 1.82) is 0 Å². The summed E-state index contributed by atoms with van der Waals surface area (Å²) in [6, 6.07) is 17.7. The minimum absolute atomic E-state index is 0.0373. The van der Waals surface area contributed by atoms with Crippen LogP contribution in [0.4, 0.5) is 10.5 Å². The van der Waals surface area contributed by atoms with Gasteiger partial charge in [0.1, 0.15) is 24.2 Å². The minimum Gasteiger partial charge on any atom is -0.348 e. The van der Waals surface area contributed by atoms with Gasteiger partial charge in [-0.2, -0.15) is 0 Å². The molecule has 3 aromatic carbocycles. The van der Waals surface area contributed by atoms with E-state index in [0.29, 0.717) is 17.9 Å². The first-order valence-electron chi connectivity index (χ1n) is 26.2. The molecule has 2 heterocycles. The predicted octanol–water partition coefficient (Wildman–Crippen LogP) is 4.40. The van der Waals surface area contributed by atoms with Crippen LogP contribution in [0, 0.1) is 5.41 Å². The van der Waals surface area contributed by atoms with Crippen LogP contribution in [0.1, 0.15) is 107 Å². The lowest BCUT2D eigenvalue weighted by atomic mass is 9.85. The molecular formula is C55H78N10O7Si. The van der Waals surface area contributed by atoms with E-state index in [1.54, 1.807) is 57.1 Å². The number of anilines is 1. The summed E-state index contributed by atoms with van der Waals surface area (Å²) in [7, 11) is 1.32. The lowest BCUT2D eigenvalue weighted by Gasteiger charge is -2.36. The van der Waals surface area contributed by atoms with Crippen LogP contribution in [-0.2, 0) is 48.0 Å². The summed E-state index contributed by atoms with van der Waals surface area (Å²) in [5, 5.41) is 24.2. The molecule has 3 aromatic rings. The van der Waals surface area contributed by atoms with E-state index in [-0.39, 0.29) is 61.0 Å². The SMILES string of the molecule is CN[C@@H](C)C(=O)N[C@@H](Cc1ccc(NC(=O)NC2C[C@@H](C(=O)N[C@@H]3CCCc4ccccc43)N(C(=O)[C@@H](NC(=O)[C@H](C)NC)C(C)(C)C)C2)cc1)C(=O)N1C[Si](C)(C)C[C@H]1C(=O)NC1CCCc2ccccc21. The van der Waals surface area contributed by atoms with Crippen molar-refractivity contribution < 1.29 is 33.6 Å². The molecule has 9 atom stereocenters. The lowest BCUT2D eigenvalue weighted by molar-refractivity contribution is -0.144. The zero-order valence-electron chi connectivity index (χ0n) is 44.2. The number of amides is 8. The highest BCUT2D eigenvalue weighted by Crippen LogP contribution is 2.34. The summed E-state index contributed by atoms with van der Waals surface area (Å²) >= 11 is 0. The molecule has 8 N–H and O–H groups in total. The Morgan fingerprint density at radius 3 is 1.75 bits per heavy atom. The van der Waals surface area contributed by atoms with E-state index >= 15 is 0 Å².